The lowest BCUT2D eigenvalue weighted by Crippen LogP contribution is -2.40. The van der Waals surface area contributed by atoms with Gasteiger partial charge in [-0.1, -0.05) is 29.8 Å². The highest BCUT2D eigenvalue weighted by molar-refractivity contribution is 6.30. The van der Waals surface area contributed by atoms with E-state index < -0.39 is 0 Å². The molecule has 2 unspecified atom stereocenters. The molecule has 2 saturated heterocycles. The molecule has 0 aliphatic carbocycles. The van der Waals surface area contributed by atoms with E-state index in [-0.39, 0.29) is 30.2 Å². The molecule has 0 spiro atoms. The van der Waals surface area contributed by atoms with Crippen LogP contribution in [0.5, 0.6) is 5.75 Å². The second kappa shape index (κ2) is 9.71. The van der Waals surface area contributed by atoms with Crippen LogP contribution in [0.15, 0.2) is 48.5 Å². The minimum Gasteiger partial charge on any atom is -0.497 e. The Morgan fingerprint density at radius 1 is 1.19 bits per heavy atom. The number of carbonyl (C=O) groups excluding carboxylic acids is 2. The minimum atomic E-state index is -0.364. The second-order valence-electron chi connectivity index (χ2n) is 8.17. The quantitative estimate of drug-likeness (QED) is 0.712. The van der Waals surface area contributed by atoms with Gasteiger partial charge in [0.25, 0.3) is 0 Å². The lowest BCUT2D eigenvalue weighted by atomic mass is 10.0. The van der Waals surface area contributed by atoms with Crippen molar-refractivity contribution in [2.24, 2.45) is 5.92 Å². The first-order valence-electron chi connectivity index (χ1n) is 10.8. The summed E-state index contributed by atoms with van der Waals surface area (Å²) in [6.45, 7) is 2.91. The van der Waals surface area contributed by atoms with E-state index in [1.165, 1.54) is 0 Å². The third-order valence-corrected chi connectivity index (χ3v) is 6.38. The van der Waals surface area contributed by atoms with Gasteiger partial charge in [-0.2, -0.15) is 0 Å². The lowest BCUT2D eigenvalue weighted by Gasteiger charge is -2.28. The second-order valence-corrected chi connectivity index (χ2v) is 8.60. The number of amides is 2. The van der Waals surface area contributed by atoms with Crippen LogP contribution >= 0.6 is 11.6 Å². The summed E-state index contributed by atoms with van der Waals surface area (Å²) in [5.41, 5.74) is 1.86. The molecule has 1 N–H and O–H groups in total. The molecule has 4 rings (SSSR count). The molecule has 2 aromatic carbocycles. The van der Waals surface area contributed by atoms with Gasteiger partial charge in [0.05, 0.1) is 19.1 Å². The normalized spacial score (nSPS) is 20.1. The van der Waals surface area contributed by atoms with Crippen LogP contribution in [0.4, 0.5) is 5.69 Å². The highest BCUT2D eigenvalue weighted by Crippen LogP contribution is 2.29. The smallest absolute Gasteiger partial charge is 0.227 e. The zero-order valence-corrected chi connectivity index (χ0v) is 18.5. The van der Waals surface area contributed by atoms with Gasteiger partial charge in [0.2, 0.25) is 11.8 Å². The van der Waals surface area contributed by atoms with E-state index in [0.29, 0.717) is 23.9 Å². The molecular formula is C24H28ClN3O3. The van der Waals surface area contributed by atoms with Crippen molar-refractivity contribution in [3.05, 3.63) is 59.1 Å². The molecule has 2 atom stereocenters. The highest BCUT2D eigenvalue weighted by atomic mass is 35.5. The number of nitrogens with zero attached hydrogens (tertiary/aromatic N) is 2. The van der Waals surface area contributed by atoms with Crippen LogP contribution in [-0.2, 0) is 9.59 Å². The van der Waals surface area contributed by atoms with Crippen LogP contribution in [0.2, 0.25) is 5.02 Å². The number of hydrogen-bond acceptors (Lipinski definition) is 4. The molecule has 2 heterocycles. The van der Waals surface area contributed by atoms with Gasteiger partial charge >= 0.3 is 0 Å². The Balaban J connectivity index is 1.41. The predicted molar refractivity (Wildman–Crippen MR) is 121 cm³/mol. The van der Waals surface area contributed by atoms with Gasteiger partial charge in [0, 0.05) is 36.3 Å². The zero-order valence-electron chi connectivity index (χ0n) is 17.7. The van der Waals surface area contributed by atoms with Gasteiger partial charge in [-0.3, -0.25) is 14.5 Å². The largest absolute Gasteiger partial charge is 0.497 e. The van der Waals surface area contributed by atoms with Crippen LogP contribution in [0.25, 0.3) is 0 Å². The zero-order chi connectivity index (χ0) is 21.8. The molecule has 2 amide bonds. The summed E-state index contributed by atoms with van der Waals surface area (Å²) in [7, 11) is 1.60. The minimum absolute atomic E-state index is 0.0423. The number of nitrogens with one attached hydrogen (secondary N) is 1. The molecule has 2 aliphatic rings. The standard InChI is InChI=1S/C24H28ClN3O3/c1-31-21-9-5-8-20(14-21)28-16-18(13-23(28)29)24(30)26-15-22(27-10-2-3-11-27)17-6-4-7-19(25)12-17/h4-9,12,14,18,22H,2-3,10-11,13,15-16H2,1H3,(H,26,30). The molecule has 0 saturated carbocycles. The Kier molecular flexibility index (Phi) is 6.78. The molecule has 164 valence electrons. The van der Waals surface area contributed by atoms with Crippen molar-refractivity contribution in [1.82, 2.24) is 10.2 Å². The third kappa shape index (κ3) is 5.02. The van der Waals surface area contributed by atoms with Gasteiger partial charge in [-0.15, -0.1) is 0 Å². The van der Waals surface area contributed by atoms with Gasteiger partial charge < -0.3 is 15.0 Å². The van der Waals surface area contributed by atoms with Crippen molar-refractivity contribution >= 4 is 29.1 Å². The fraction of sp³-hybridized carbons (Fsp3) is 0.417. The maximum absolute atomic E-state index is 12.9. The first kappa shape index (κ1) is 21.7. The summed E-state index contributed by atoms with van der Waals surface area (Å²) in [6, 6.07) is 15.3. The first-order chi connectivity index (χ1) is 15.0. The van der Waals surface area contributed by atoms with Crippen molar-refractivity contribution in [3.63, 3.8) is 0 Å². The fourth-order valence-electron chi connectivity index (χ4n) is 4.48. The number of anilines is 1. The highest BCUT2D eigenvalue weighted by Gasteiger charge is 2.35. The molecular weight excluding hydrogens is 414 g/mol. The molecule has 0 bridgehead atoms. The van der Waals surface area contributed by atoms with E-state index >= 15 is 0 Å². The SMILES string of the molecule is COc1cccc(N2CC(C(=O)NCC(c3cccc(Cl)c3)N3CCCC3)CC2=O)c1. The van der Waals surface area contributed by atoms with Gasteiger partial charge in [-0.05, 0) is 55.8 Å². The van der Waals surface area contributed by atoms with Crippen molar-refractivity contribution in [2.75, 3.05) is 38.2 Å². The fourth-order valence-corrected chi connectivity index (χ4v) is 4.68. The number of halogens is 1. The Morgan fingerprint density at radius 2 is 1.97 bits per heavy atom. The molecule has 7 heteroatoms. The Hall–Kier alpha value is -2.57. The molecule has 6 nitrogen and oxygen atoms in total. The van der Waals surface area contributed by atoms with Gasteiger partial charge in [0.15, 0.2) is 0 Å². The van der Waals surface area contributed by atoms with E-state index in [1.807, 2.05) is 42.5 Å². The van der Waals surface area contributed by atoms with Crippen molar-refractivity contribution < 1.29 is 14.3 Å². The summed E-state index contributed by atoms with van der Waals surface area (Å²) in [6.07, 6.45) is 2.55. The summed E-state index contributed by atoms with van der Waals surface area (Å²) in [5.74, 6) is 0.203. The topological polar surface area (TPSA) is 61.9 Å². The Bertz CT molecular complexity index is 945. The van der Waals surface area contributed by atoms with E-state index in [9.17, 15) is 9.59 Å². The predicted octanol–water partition coefficient (Wildman–Crippen LogP) is 3.65. The molecule has 2 aromatic rings. The number of likely N-dealkylation sites (tertiary alicyclic amines) is 1. The van der Waals surface area contributed by atoms with Crippen LogP contribution in [0, 0.1) is 5.92 Å². The number of benzene rings is 2. The van der Waals surface area contributed by atoms with Crippen LogP contribution in [-0.4, -0.2) is 50.0 Å². The number of ether oxygens (including phenoxy) is 1. The summed E-state index contributed by atoms with van der Waals surface area (Å²) in [5, 5.41) is 3.80. The van der Waals surface area contributed by atoms with Crippen molar-refractivity contribution in [3.8, 4) is 5.75 Å². The number of methoxy groups -OCH3 is 1. The van der Waals surface area contributed by atoms with Crippen LogP contribution in [0.1, 0.15) is 30.9 Å². The Morgan fingerprint density at radius 3 is 2.71 bits per heavy atom. The monoisotopic (exact) mass is 441 g/mol. The summed E-state index contributed by atoms with van der Waals surface area (Å²) in [4.78, 5) is 29.6. The van der Waals surface area contributed by atoms with Gasteiger partial charge in [0.1, 0.15) is 5.75 Å². The Labute approximate surface area is 188 Å². The molecule has 31 heavy (non-hydrogen) atoms. The maximum atomic E-state index is 12.9. The summed E-state index contributed by atoms with van der Waals surface area (Å²) >= 11 is 6.22. The maximum Gasteiger partial charge on any atom is 0.227 e. The van der Waals surface area contributed by atoms with Crippen molar-refractivity contribution in [2.45, 2.75) is 25.3 Å². The number of hydrogen-bond donors (Lipinski definition) is 1. The molecule has 0 radical (unpaired) electrons. The van der Waals surface area contributed by atoms with E-state index in [4.69, 9.17) is 16.3 Å². The average Bonchev–Trinajstić information content (AvgIpc) is 3.44. The average molecular weight is 442 g/mol. The number of rotatable bonds is 7. The van der Waals surface area contributed by atoms with Crippen molar-refractivity contribution in [1.29, 1.82) is 0 Å². The molecule has 2 fully saturated rings. The van der Waals surface area contributed by atoms with E-state index in [2.05, 4.69) is 16.3 Å². The van der Waals surface area contributed by atoms with E-state index in [0.717, 1.165) is 37.2 Å². The van der Waals surface area contributed by atoms with Crippen LogP contribution in [0.3, 0.4) is 0 Å². The van der Waals surface area contributed by atoms with Crippen LogP contribution < -0.4 is 15.0 Å². The summed E-state index contributed by atoms with van der Waals surface area (Å²) < 4.78 is 5.26. The van der Waals surface area contributed by atoms with E-state index in [1.54, 1.807) is 12.0 Å². The first-order valence-corrected chi connectivity index (χ1v) is 11.1. The molecule has 2 aliphatic heterocycles. The third-order valence-electron chi connectivity index (χ3n) is 6.15. The van der Waals surface area contributed by atoms with Gasteiger partial charge in [-0.25, -0.2) is 0 Å². The molecule has 0 aromatic heterocycles. The number of carbonyl (C=O) groups is 2. The lowest BCUT2D eigenvalue weighted by molar-refractivity contribution is -0.126.